The molecule has 4 aliphatic rings. The van der Waals surface area contributed by atoms with Gasteiger partial charge in [0, 0.05) is 19.4 Å². The van der Waals surface area contributed by atoms with Gasteiger partial charge in [0.2, 0.25) is 18.3 Å². The van der Waals surface area contributed by atoms with Crippen molar-refractivity contribution < 1.29 is 72.5 Å². The third kappa shape index (κ3) is 5.24. The van der Waals surface area contributed by atoms with E-state index in [1.807, 2.05) is 6.07 Å². The van der Waals surface area contributed by atoms with Crippen molar-refractivity contribution in [2.75, 3.05) is 7.11 Å². The molecule has 0 unspecified atom stereocenters. The summed E-state index contributed by atoms with van der Waals surface area (Å²) in [5.74, 6) is -8.12. The highest BCUT2D eigenvalue weighted by Crippen LogP contribution is 2.67. The molecule has 1 aliphatic heterocycles. The topological polar surface area (TPSA) is 218 Å². The standard InChI is InChI=1S/C30H32O15/c1-13(31)41-23(24(42-14(2)32)28(38)44-19(26(35)36)12-20(33)34)27(37)43-18-8-10-30(39)16-5-4-9-29(30)21-15(11-16)6-7-17(40-3)22(21)45-25(18)29/h6-8,16,19,23-25,39H,4-5,9-12H2,1-3H3,(H,33,34)(H,35,36)/t16-,19+,23+,24+,25+,29+,30-/m0/s1. The Bertz CT molecular complexity index is 1500. The molecule has 1 fully saturated rings. The molecule has 0 aromatic heterocycles. The fourth-order valence-corrected chi connectivity index (χ4v) is 7.23. The van der Waals surface area contributed by atoms with Crippen molar-refractivity contribution in [3.8, 4) is 11.5 Å². The Balaban J connectivity index is 1.49. The van der Waals surface area contributed by atoms with Crippen LogP contribution in [0.3, 0.4) is 0 Å². The van der Waals surface area contributed by atoms with Gasteiger partial charge in [-0.15, -0.1) is 0 Å². The molecule has 7 atom stereocenters. The Labute approximate surface area is 256 Å². The molecular weight excluding hydrogens is 600 g/mol. The molecular formula is C30H32O15. The van der Waals surface area contributed by atoms with Crippen molar-refractivity contribution in [1.82, 2.24) is 0 Å². The van der Waals surface area contributed by atoms with Crippen molar-refractivity contribution >= 4 is 35.8 Å². The van der Waals surface area contributed by atoms with E-state index in [9.17, 15) is 39.0 Å². The zero-order valence-electron chi connectivity index (χ0n) is 24.6. The van der Waals surface area contributed by atoms with Crippen molar-refractivity contribution in [3.05, 3.63) is 35.1 Å². The largest absolute Gasteiger partial charge is 0.493 e. The monoisotopic (exact) mass is 632 g/mol. The summed E-state index contributed by atoms with van der Waals surface area (Å²) in [7, 11) is 1.47. The first-order chi connectivity index (χ1) is 21.2. The lowest BCUT2D eigenvalue weighted by Gasteiger charge is -2.59. The van der Waals surface area contributed by atoms with Crippen LogP contribution in [0.5, 0.6) is 11.5 Å². The van der Waals surface area contributed by atoms with Gasteiger partial charge in [-0.25, -0.2) is 14.4 Å². The second kappa shape index (κ2) is 11.7. The molecule has 45 heavy (non-hydrogen) atoms. The van der Waals surface area contributed by atoms with Gasteiger partial charge in [0.1, 0.15) is 5.76 Å². The molecule has 3 N–H and O–H groups in total. The molecule has 1 aromatic rings. The second-order valence-corrected chi connectivity index (χ2v) is 11.5. The van der Waals surface area contributed by atoms with Crippen LogP contribution in [0, 0.1) is 5.92 Å². The van der Waals surface area contributed by atoms with Crippen LogP contribution in [0.25, 0.3) is 0 Å². The maximum atomic E-state index is 13.7. The maximum absolute atomic E-state index is 13.7. The third-order valence-electron chi connectivity index (χ3n) is 8.91. The minimum atomic E-state index is -2.36. The molecule has 1 aromatic carbocycles. The minimum Gasteiger partial charge on any atom is -0.493 e. The molecule has 1 saturated carbocycles. The van der Waals surface area contributed by atoms with E-state index in [2.05, 4.69) is 0 Å². The van der Waals surface area contributed by atoms with Crippen LogP contribution in [0.2, 0.25) is 0 Å². The summed E-state index contributed by atoms with van der Waals surface area (Å²) in [5.41, 5.74) is -0.525. The van der Waals surface area contributed by atoms with Gasteiger partial charge in [-0.3, -0.25) is 14.4 Å². The number of methoxy groups -OCH3 is 1. The fourth-order valence-electron chi connectivity index (χ4n) is 7.23. The van der Waals surface area contributed by atoms with Crippen LogP contribution >= 0.6 is 0 Å². The summed E-state index contributed by atoms with van der Waals surface area (Å²) in [6.45, 7) is 1.76. The van der Waals surface area contributed by atoms with Crippen LogP contribution < -0.4 is 9.47 Å². The number of benzene rings is 1. The Morgan fingerprint density at radius 2 is 1.67 bits per heavy atom. The van der Waals surface area contributed by atoms with Gasteiger partial charge in [-0.05, 0) is 49.3 Å². The van der Waals surface area contributed by atoms with E-state index in [1.54, 1.807) is 6.07 Å². The SMILES string of the molecule is COc1ccc2c3c1O[C@@H]1C(OC(=O)[C@H](OC(C)=O)[C@@H](OC(C)=O)C(=O)O[C@H](CC(=O)O)C(=O)O)=CC[C@]4(O)[C@@H](CCC[C@@]314)C2. The quantitative estimate of drug-likeness (QED) is 0.228. The summed E-state index contributed by atoms with van der Waals surface area (Å²) in [6.07, 6.45) is -4.87. The first-order valence-electron chi connectivity index (χ1n) is 14.2. The third-order valence-corrected chi connectivity index (χ3v) is 8.91. The van der Waals surface area contributed by atoms with Gasteiger partial charge in [0.15, 0.2) is 17.6 Å². The number of carbonyl (C=O) groups excluding carboxylic acids is 4. The summed E-state index contributed by atoms with van der Waals surface area (Å²) in [5, 5.41) is 30.5. The highest BCUT2D eigenvalue weighted by atomic mass is 16.6. The predicted octanol–water partition coefficient (Wildman–Crippen LogP) is 0.947. The predicted molar refractivity (Wildman–Crippen MR) is 145 cm³/mol. The lowest BCUT2D eigenvalue weighted by Crippen LogP contribution is -2.67. The van der Waals surface area contributed by atoms with Crippen LogP contribution in [0.15, 0.2) is 24.0 Å². The Morgan fingerprint density at radius 3 is 2.27 bits per heavy atom. The van der Waals surface area contributed by atoms with E-state index in [1.165, 1.54) is 13.2 Å². The average Bonchev–Trinajstić information content (AvgIpc) is 3.30. The van der Waals surface area contributed by atoms with Crippen LogP contribution in [-0.2, 0) is 59.6 Å². The molecule has 15 heteroatoms. The van der Waals surface area contributed by atoms with Gasteiger partial charge in [0.05, 0.1) is 24.5 Å². The molecule has 3 aliphatic carbocycles. The fraction of sp³-hybridized carbons (Fsp3) is 0.533. The number of ether oxygens (including phenoxy) is 6. The number of carboxylic acids is 2. The molecule has 0 saturated heterocycles. The number of esters is 4. The smallest absolute Gasteiger partial charge is 0.357 e. The van der Waals surface area contributed by atoms with Gasteiger partial charge >= 0.3 is 35.8 Å². The summed E-state index contributed by atoms with van der Waals surface area (Å²) < 4.78 is 32.3. The van der Waals surface area contributed by atoms with E-state index < -0.39 is 77.7 Å². The lowest BCUT2D eigenvalue weighted by atomic mass is 9.47. The van der Waals surface area contributed by atoms with Gasteiger partial charge in [-0.2, -0.15) is 0 Å². The van der Waals surface area contributed by atoms with Gasteiger partial charge in [-0.1, -0.05) is 12.5 Å². The Hall–Kier alpha value is -4.66. The number of hydrogen-bond acceptors (Lipinski definition) is 13. The van der Waals surface area contributed by atoms with E-state index in [0.29, 0.717) is 24.3 Å². The molecule has 5 rings (SSSR count). The lowest BCUT2D eigenvalue weighted by molar-refractivity contribution is -0.195. The number of hydrogen-bond donors (Lipinski definition) is 3. The number of aliphatic carboxylic acids is 2. The maximum Gasteiger partial charge on any atom is 0.357 e. The number of carbonyl (C=O) groups is 6. The van der Waals surface area contributed by atoms with Gasteiger partial charge < -0.3 is 43.7 Å². The zero-order valence-corrected chi connectivity index (χ0v) is 24.6. The molecule has 2 bridgehead atoms. The van der Waals surface area contributed by atoms with Crippen molar-refractivity contribution in [1.29, 1.82) is 0 Å². The molecule has 242 valence electrons. The first kappa shape index (κ1) is 31.8. The molecule has 15 nitrogen and oxygen atoms in total. The molecule has 0 amide bonds. The first-order valence-corrected chi connectivity index (χ1v) is 14.2. The normalized spacial score (nSPS) is 27.2. The average molecular weight is 633 g/mol. The van der Waals surface area contributed by atoms with Crippen LogP contribution in [0.1, 0.15) is 57.1 Å². The van der Waals surface area contributed by atoms with Crippen molar-refractivity contribution in [2.24, 2.45) is 5.92 Å². The summed E-state index contributed by atoms with van der Waals surface area (Å²) in [6, 6.07) is 3.69. The second-order valence-electron chi connectivity index (χ2n) is 11.5. The zero-order chi connectivity index (χ0) is 32.8. The molecule has 1 spiro atoms. The number of aliphatic hydroxyl groups is 1. The minimum absolute atomic E-state index is 0.0576. The summed E-state index contributed by atoms with van der Waals surface area (Å²) in [4.78, 5) is 73.2. The van der Waals surface area contributed by atoms with Gasteiger partial charge in [0.25, 0.3) is 0 Å². The summed E-state index contributed by atoms with van der Waals surface area (Å²) >= 11 is 0. The van der Waals surface area contributed by atoms with E-state index in [4.69, 9.17) is 33.5 Å². The van der Waals surface area contributed by atoms with Crippen molar-refractivity contribution in [3.63, 3.8) is 0 Å². The molecule has 0 radical (unpaired) electrons. The molecule has 1 heterocycles. The Kier molecular flexibility index (Phi) is 8.25. The highest BCUT2D eigenvalue weighted by Gasteiger charge is 2.71. The van der Waals surface area contributed by atoms with E-state index in [0.717, 1.165) is 37.8 Å². The Morgan fingerprint density at radius 1 is 1.00 bits per heavy atom. The van der Waals surface area contributed by atoms with Crippen LogP contribution in [0.4, 0.5) is 0 Å². The van der Waals surface area contributed by atoms with Crippen molar-refractivity contribution in [2.45, 2.75) is 87.8 Å². The number of carboxylic acid groups (broad SMARTS) is 2. The van der Waals surface area contributed by atoms with E-state index in [-0.39, 0.29) is 18.1 Å². The van der Waals surface area contributed by atoms with E-state index >= 15 is 0 Å². The highest BCUT2D eigenvalue weighted by molar-refractivity contribution is 5.91. The number of rotatable bonds is 11. The van der Waals surface area contributed by atoms with Crippen LogP contribution in [-0.4, -0.2) is 88.3 Å².